The van der Waals surface area contributed by atoms with Crippen molar-refractivity contribution in [3.8, 4) is 0 Å². The van der Waals surface area contributed by atoms with Crippen molar-refractivity contribution in [3.63, 3.8) is 0 Å². The highest BCUT2D eigenvalue weighted by Crippen LogP contribution is 2.26. The van der Waals surface area contributed by atoms with Gasteiger partial charge in [0.05, 0.1) is 12.6 Å². The molecule has 2 rings (SSSR count). The number of ether oxygens (including phenoxy) is 1. The third-order valence-corrected chi connectivity index (χ3v) is 3.61. The Morgan fingerprint density at radius 2 is 2.26 bits per heavy atom. The van der Waals surface area contributed by atoms with Gasteiger partial charge in [-0.2, -0.15) is 0 Å². The molecule has 1 fully saturated rings. The Balaban J connectivity index is 2.20. The standard InChI is InChI=1S/C15H23FN2O/c1-11(2)17-9-13-14(16)5-4-6-15(13)18(3)12-7-8-19-10-12/h4-6,11-12,17H,7-10H2,1-3H3. The molecule has 1 aliphatic heterocycles. The second-order valence-corrected chi connectivity index (χ2v) is 5.40. The molecular formula is C15H23FN2O. The minimum Gasteiger partial charge on any atom is -0.379 e. The van der Waals surface area contributed by atoms with Gasteiger partial charge in [-0.25, -0.2) is 4.39 Å². The fraction of sp³-hybridized carbons (Fsp3) is 0.600. The van der Waals surface area contributed by atoms with Crippen molar-refractivity contribution in [2.75, 3.05) is 25.2 Å². The first-order chi connectivity index (χ1) is 9.09. The van der Waals surface area contributed by atoms with Crippen molar-refractivity contribution >= 4 is 5.69 Å². The zero-order valence-electron chi connectivity index (χ0n) is 11.9. The number of likely N-dealkylation sites (N-methyl/N-ethyl adjacent to an activating group) is 1. The Bertz CT molecular complexity index is 417. The molecule has 106 valence electrons. The van der Waals surface area contributed by atoms with Crippen molar-refractivity contribution in [2.45, 2.75) is 38.9 Å². The molecule has 19 heavy (non-hydrogen) atoms. The summed E-state index contributed by atoms with van der Waals surface area (Å²) in [4.78, 5) is 2.15. The summed E-state index contributed by atoms with van der Waals surface area (Å²) in [5.41, 5.74) is 1.70. The van der Waals surface area contributed by atoms with Crippen molar-refractivity contribution in [1.82, 2.24) is 5.32 Å². The topological polar surface area (TPSA) is 24.5 Å². The van der Waals surface area contributed by atoms with Gasteiger partial charge in [-0.05, 0) is 18.6 Å². The fourth-order valence-electron chi connectivity index (χ4n) is 2.38. The summed E-state index contributed by atoms with van der Waals surface area (Å²) in [6.07, 6.45) is 1.00. The lowest BCUT2D eigenvalue weighted by molar-refractivity contribution is 0.193. The molecule has 0 saturated carbocycles. The van der Waals surface area contributed by atoms with Crippen LogP contribution in [0.5, 0.6) is 0 Å². The van der Waals surface area contributed by atoms with E-state index in [1.807, 2.05) is 13.1 Å². The van der Waals surface area contributed by atoms with Crippen molar-refractivity contribution in [3.05, 3.63) is 29.6 Å². The number of halogens is 1. The fourth-order valence-corrected chi connectivity index (χ4v) is 2.38. The Morgan fingerprint density at radius 1 is 1.47 bits per heavy atom. The van der Waals surface area contributed by atoms with Crippen molar-refractivity contribution < 1.29 is 9.13 Å². The molecule has 1 aromatic carbocycles. The monoisotopic (exact) mass is 266 g/mol. The normalized spacial score (nSPS) is 19.1. The highest BCUT2D eigenvalue weighted by atomic mass is 19.1. The van der Waals surface area contributed by atoms with Crippen LogP contribution in [-0.4, -0.2) is 32.3 Å². The summed E-state index contributed by atoms with van der Waals surface area (Å²) < 4.78 is 19.5. The molecule has 1 aliphatic rings. The Hall–Kier alpha value is -1.13. The van der Waals surface area contributed by atoms with Gasteiger partial charge in [-0.15, -0.1) is 0 Å². The molecular weight excluding hydrogens is 243 g/mol. The molecule has 1 N–H and O–H groups in total. The van der Waals surface area contributed by atoms with E-state index < -0.39 is 0 Å². The van der Waals surface area contributed by atoms with Gasteiger partial charge in [0, 0.05) is 37.5 Å². The maximum Gasteiger partial charge on any atom is 0.129 e. The Labute approximate surface area is 114 Å². The average Bonchev–Trinajstić information content (AvgIpc) is 2.89. The molecule has 4 heteroatoms. The van der Waals surface area contributed by atoms with Gasteiger partial charge in [0.2, 0.25) is 0 Å². The van der Waals surface area contributed by atoms with E-state index in [4.69, 9.17) is 4.74 Å². The van der Waals surface area contributed by atoms with Crippen LogP contribution in [0.25, 0.3) is 0 Å². The maximum atomic E-state index is 14.0. The van der Waals surface area contributed by atoms with Crippen LogP contribution in [0.2, 0.25) is 0 Å². The lowest BCUT2D eigenvalue weighted by atomic mass is 10.1. The van der Waals surface area contributed by atoms with Gasteiger partial charge >= 0.3 is 0 Å². The summed E-state index contributed by atoms with van der Waals surface area (Å²) >= 11 is 0. The summed E-state index contributed by atoms with van der Waals surface area (Å²) in [6.45, 7) is 6.20. The van der Waals surface area contributed by atoms with Gasteiger partial charge in [0.1, 0.15) is 5.82 Å². The Morgan fingerprint density at radius 3 is 2.89 bits per heavy atom. The van der Waals surface area contributed by atoms with Crippen molar-refractivity contribution in [1.29, 1.82) is 0 Å². The van der Waals surface area contributed by atoms with Crippen LogP contribution >= 0.6 is 0 Å². The molecule has 1 unspecified atom stereocenters. The number of hydrogen-bond acceptors (Lipinski definition) is 3. The van der Waals surface area contributed by atoms with Crippen LogP contribution in [0, 0.1) is 5.82 Å². The van der Waals surface area contributed by atoms with Crippen LogP contribution in [0.4, 0.5) is 10.1 Å². The minimum atomic E-state index is -0.142. The smallest absolute Gasteiger partial charge is 0.129 e. The van der Waals surface area contributed by atoms with Gasteiger partial charge in [-0.1, -0.05) is 19.9 Å². The largest absolute Gasteiger partial charge is 0.379 e. The SMILES string of the molecule is CC(C)NCc1c(F)cccc1N(C)C1CCOC1. The summed E-state index contributed by atoms with van der Waals surface area (Å²) in [7, 11) is 2.02. The molecule has 1 saturated heterocycles. The second-order valence-electron chi connectivity index (χ2n) is 5.40. The molecule has 1 aromatic rings. The van der Waals surface area contributed by atoms with E-state index in [1.165, 1.54) is 6.07 Å². The van der Waals surface area contributed by atoms with Crippen LogP contribution < -0.4 is 10.2 Å². The first-order valence-corrected chi connectivity index (χ1v) is 6.91. The number of hydrogen-bond donors (Lipinski definition) is 1. The molecule has 0 aliphatic carbocycles. The van der Waals surface area contributed by atoms with E-state index in [0.29, 0.717) is 18.6 Å². The zero-order chi connectivity index (χ0) is 13.8. The van der Waals surface area contributed by atoms with Gasteiger partial charge in [0.15, 0.2) is 0 Å². The highest BCUT2D eigenvalue weighted by Gasteiger charge is 2.23. The second kappa shape index (κ2) is 6.35. The van der Waals surface area contributed by atoms with Crippen LogP contribution in [0.15, 0.2) is 18.2 Å². The van der Waals surface area contributed by atoms with E-state index in [0.717, 1.165) is 30.9 Å². The third kappa shape index (κ3) is 3.45. The summed E-state index contributed by atoms with van der Waals surface area (Å²) in [5.74, 6) is -0.142. The molecule has 0 aromatic heterocycles. The van der Waals surface area contributed by atoms with Gasteiger partial charge in [-0.3, -0.25) is 0 Å². The molecule has 0 radical (unpaired) electrons. The number of anilines is 1. The van der Waals surface area contributed by atoms with Crippen molar-refractivity contribution in [2.24, 2.45) is 0 Å². The predicted molar refractivity (Wildman–Crippen MR) is 76.0 cm³/mol. The minimum absolute atomic E-state index is 0.142. The lowest BCUT2D eigenvalue weighted by Crippen LogP contribution is -2.33. The van der Waals surface area contributed by atoms with E-state index in [2.05, 4.69) is 24.1 Å². The first kappa shape index (κ1) is 14.3. The maximum absolute atomic E-state index is 14.0. The predicted octanol–water partition coefficient (Wildman–Crippen LogP) is 2.55. The molecule has 0 spiro atoms. The van der Waals surface area contributed by atoms with Crippen LogP contribution in [-0.2, 0) is 11.3 Å². The van der Waals surface area contributed by atoms with E-state index >= 15 is 0 Å². The quantitative estimate of drug-likeness (QED) is 0.886. The summed E-state index contributed by atoms with van der Waals surface area (Å²) in [5, 5.41) is 3.29. The first-order valence-electron chi connectivity index (χ1n) is 6.91. The molecule has 3 nitrogen and oxygen atoms in total. The van der Waals surface area contributed by atoms with Gasteiger partial charge in [0.25, 0.3) is 0 Å². The Kier molecular flexibility index (Phi) is 4.77. The number of rotatable bonds is 5. The molecule has 1 heterocycles. The van der Waals surface area contributed by atoms with Crippen LogP contribution in [0.3, 0.4) is 0 Å². The molecule has 0 bridgehead atoms. The molecule has 1 atom stereocenters. The number of nitrogens with one attached hydrogen (secondary N) is 1. The third-order valence-electron chi connectivity index (χ3n) is 3.61. The lowest BCUT2D eigenvalue weighted by Gasteiger charge is -2.28. The van der Waals surface area contributed by atoms with E-state index in [-0.39, 0.29) is 5.82 Å². The zero-order valence-corrected chi connectivity index (χ0v) is 11.9. The van der Waals surface area contributed by atoms with Gasteiger partial charge < -0.3 is 15.0 Å². The number of nitrogens with zero attached hydrogens (tertiary/aromatic N) is 1. The summed E-state index contributed by atoms with van der Waals surface area (Å²) in [6, 6.07) is 5.97. The molecule has 0 amide bonds. The average molecular weight is 266 g/mol. The van der Waals surface area contributed by atoms with E-state index in [9.17, 15) is 4.39 Å². The highest BCUT2D eigenvalue weighted by molar-refractivity contribution is 5.54. The number of benzene rings is 1. The van der Waals surface area contributed by atoms with E-state index in [1.54, 1.807) is 6.07 Å². The van der Waals surface area contributed by atoms with Crippen LogP contribution in [0.1, 0.15) is 25.8 Å².